The zero-order valence-electron chi connectivity index (χ0n) is 14.2. The van der Waals surface area contributed by atoms with Crippen molar-refractivity contribution < 1.29 is 9.21 Å². The SMILES string of the molecule is CC(C)c1ccc(NC(=O)c2ccc(NCc3ccco3)nn2)cc1. The van der Waals surface area contributed by atoms with Gasteiger partial charge < -0.3 is 15.1 Å². The van der Waals surface area contributed by atoms with E-state index in [1.165, 1.54) is 5.56 Å². The minimum Gasteiger partial charge on any atom is -0.467 e. The van der Waals surface area contributed by atoms with Gasteiger partial charge in [0.1, 0.15) is 11.6 Å². The second-order valence-electron chi connectivity index (χ2n) is 5.97. The maximum absolute atomic E-state index is 12.2. The van der Waals surface area contributed by atoms with Gasteiger partial charge in [-0.2, -0.15) is 0 Å². The second kappa shape index (κ2) is 7.61. The zero-order chi connectivity index (χ0) is 17.6. The van der Waals surface area contributed by atoms with E-state index in [9.17, 15) is 4.79 Å². The van der Waals surface area contributed by atoms with E-state index in [1.807, 2.05) is 36.4 Å². The van der Waals surface area contributed by atoms with Crippen molar-refractivity contribution in [3.8, 4) is 0 Å². The van der Waals surface area contributed by atoms with Crippen LogP contribution in [0.1, 0.15) is 41.6 Å². The Kier molecular flexibility index (Phi) is 5.09. The average molecular weight is 336 g/mol. The van der Waals surface area contributed by atoms with E-state index in [0.29, 0.717) is 18.3 Å². The fraction of sp³-hybridized carbons (Fsp3) is 0.211. The smallest absolute Gasteiger partial charge is 0.276 e. The van der Waals surface area contributed by atoms with Crippen molar-refractivity contribution in [1.29, 1.82) is 0 Å². The number of benzene rings is 1. The van der Waals surface area contributed by atoms with Crippen LogP contribution in [0.5, 0.6) is 0 Å². The van der Waals surface area contributed by atoms with Gasteiger partial charge in [0.15, 0.2) is 5.69 Å². The third kappa shape index (κ3) is 4.44. The Balaban J connectivity index is 1.58. The molecule has 25 heavy (non-hydrogen) atoms. The lowest BCUT2D eigenvalue weighted by Gasteiger charge is -2.08. The molecule has 0 saturated carbocycles. The van der Waals surface area contributed by atoms with Crippen LogP contribution in [-0.4, -0.2) is 16.1 Å². The maximum atomic E-state index is 12.2. The molecule has 0 aliphatic rings. The highest BCUT2D eigenvalue weighted by molar-refractivity contribution is 6.02. The van der Waals surface area contributed by atoms with Gasteiger partial charge in [-0.15, -0.1) is 10.2 Å². The van der Waals surface area contributed by atoms with Gasteiger partial charge in [-0.05, 0) is 47.9 Å². The first-order chi connectivity index (χ1) is 12.1. The number of aromatic nitrogens is 2. The monoisotopic (exact) mass is 336 g/mol. The summed E-state index contributed by atoms with van der Waals surface area (Å²) in [7, 11) is 0. The first-order valence-electron chi connectivity index (χ1n) is 8.13. The Labute approximate surface area is 146 Å². The van der Waals surface area contributed by atoms with Crippen LogP contribution in [-0.2, 0) is 6.54 Å². The van der Waals surface area contributed by atoms with Crippen LogP contribution >= 0.6 is 0 Å². The number of carbonyl (C=O) groups excluding carboxylic acids is 1. The summed E-state index contributed by atoms with van der Waals surface area (Å²) in [5.74, 6) is 1.54. The molecule has 0 saturated heterocycles. The molecule has 0 fully saturated rings. The lowest BCUT2D eigenvalue weighted by atomic mass is 10.0. The molecule has 2 N–H and O–H groups in total. The molecule has 0 spiro atoms. The zero-order valence-corrected chi connectivity index (χ0v) is 14.2. The van der Waals surface area contributed by atoms with Crippen LogP contribution in [0.3, 0.4) is 0 Å². The molecule has 1 amide bonds. The van der Waals surface area contributed by atoms with Gasteiger partial charge in [0.05, 0.1) is 12.8 Å². The molecule has 6 nitrogen and oxygen atoms in total. The fourth-order valence-corrected chi connectivity index (χ4v) is 2.28. The van der Waals surface area contributed by atoms with Crippen LogP contribution in [0.15, 0.2) is 59.2 Å². The Hall–Kier alpha value is -3.15. The second-order valence-corrected chi connectivity index (χ2v) is 5.97. The molecule has 0 aliphatic carbocycles. The van der Waals surface area contributed by atoms with Crippen LogP contribution in [0.4, 0.5) is 11.5 Å². The number of anilines is 2. The highest BCUT2D eigenvalue weighted by Gasteiger charge is 2.09. The summed E-state index contributed by atoms with van der Waals surface area (Å²) in [6.45, 7) is 4.77. The van der Waals surface area contributed by atoms with Crippen molar-refractivity contribution in [2.45, 2.75) is 26.3 Å². The molecule has 0 unspecified atom stereocenters. The van der Waals surface area contributed by atoms with Crippen molar-refractivity contribution in [3.05, 3.63) is 71.8 Å². The van der Waals surface area contributed by atoms with E-state index >= 15 is 0 Å². The summed E-state index contributed by atoms with van der Waals surface area (Å²) >= 11 is 0. The van der Waals surface area contributed by atoms with E-state index in [0.717, 1.165) is 11.4 Å². The highest BCUT2D eigenvalue weighted by Crippen LogP contribution is 2.17. The molecule has 2 aromatic heterocycles. The number of carbonyl (C=O) groups is 1. The Morgan fingerprint density at radius 1 is 1.08 bits per heavy atom. The molecule has 128 valence electrons. The summed E-state index contributed by atoms with van der Waals surface area (Å²) in [5, 5.41) is 13.9. The first kappa shape index (κ1) is 16.7. The van der Waals surface area contributed by atoms with Gasteiger partial charge >= 0.3 is 0 Å². The van der Waals surface area contributed by atoms with Gasteiger partial charge in [0, 0.05) is 5.69 Å². The predicted octanol–water partition coefficient (Wildman–Crippen LogP) is 4.06. The van der Waals surface area contributed by atoms with Crippen molar-refractivity contribution in [2.24, 2.45) is 0 Å². The van der Waals surface area contributed by atoms with Gasteiger partial charge in [0.2, 0.25) is 0 Å². The van der Waals surface area contributed by atoms with Crippen LogP contribution < -0.4 is 10.6 Å². The molecule has 6 heteroatoms. The van der Waals surface area contributed by atoms with Crippen molar-refractivity contribution in [3.63, 3.8) is 0 Å². The van der Waals surface area contributed by atoms with Gasteiger partial charge in [-0.25, -0.2) is 0 Å². The van der Waals surface area contributed by atoms with Crippen LogP contribution in [0, 0.1) is 0 Å². The number of amides is 1. The summed E-state index contributed by atoms with van der Waals surface area (Å²) in [5.41, 5.74) is 2.22. The molecule has 2 heterocycles. The molecule has 0 bridgehead atoms. The van der Waals surface area contributed by atoms with Gasteiger partial charge in [-0.3, -0.25) is 4.79 Å². The molecule has 0 aliphatic heterocycles. The number of hydrogen-bond donors (Lipinski definition) is 2. The third-order valence-corrected chi connectivity index (χ3v) is 3.76. The highest BCUT2D eigenvalue weighted by atomic mass is 16.3. The summed E-state index contributed by atoms with van der Waals surface area (Å²) in [4.78, 5) is 12.2. The van der Waals surface area contributed by atoms with Crippen molar-refractivity contribution in [1.82, 2.24) is 10.2 Å². The topological polar surface area (TPSA) is 80.0 Å². The number of hydrogen-bond acceptors (Lipinski definition) is 5. The van der Waals surface area contributed by atoms with E-state index in [1.54, 1.807) is 18.4 Å². The van der Waals surface area contributed by atoms with Crippen molar-refractivity contribution in [2.75, 3.05) is 10.6 Å². The summed E-state index contributed by atoms with van der Waals surface area (Å²) in [6, 6.07) is 14.8. The number of nitrogens with one attached hydrogen (secondary N) is 2. The minimum absolute atomic E-state index is 0.261. The summed E-state index contributed by atoms with van der Waals surface area (Å²) in [6.07, 6.45) is 1.61. The molecule has 0 radical (unpaired) electrons. The summed E-state index contributed by atoms with van der Waals surface area (Å²) < 4.78 is 5.23. The average Bonchev–Trinajstić information content (AvgIpc) is 3.14. The molecule has 3 aromatic rings. The van der Waals surface area contributed by atoms with Crippen LogP contribution in [0.25, 0.3) is 0 Å². The lowest BCUT2D eigenvalue weighted by Crippen LogP contribution is -2.15. The largest absolute Gasteiger partial charge is 0.467 e. The Morgan fingerprint density at radius 3 is 2.48 bits per heavy atom. The lowest BCUT2D eigenvalue weighted by molar-refractivity contribution is 0.102. The fourth-order valence-electron chi connectivity index (χ4n) is 2.28. The Morgan fingerprint density at radius 2 is 1.88 bits per heavy atom. The first-order valence-corrected chi connectivity index (χ1v) is 8.13. The van der Waals surface area contributed by atoms with E-state index in [4.69, 9.17) is 4.42 Å². The molecule has 1 aromatic carbocycles. The maximum Gasteiger partial charge on any atom is 0.276 e. The Bertz CT molecular complexity index is 810. The normalized spacial score (nSPS) is 10.7. The van der Waals surface area contributed by atoms with E-state index < -0.39 is 0 Å². The predicted molar refractivity (Wildman–Crippen MR) is 96.6 cm³/mol. The molecule has 3 rings (SSSR count). The third-order valence-electron chi connectivity index (χ3n) is 3.76. The number of furan rings is 1. The van der Waals surface area contributed by atoms with Crippen molar-refractivity contribution >= 4 is 17.4 Å². The number of nitrogens with zero attached hydrogens (tertiary/aromatic N) is 2. The standard InChI is InChI=1S/C19H20N4O2/c1-13(2)14-5-7-15(8-6-14)21-19(24)17-9-10-18(23-22-17)20-12-16-4-3-11-25-16/h3-11,13H,12H2,1-2H3,(H,20,23)(H,21,24). The van der Waals surface area contributed by atoms with Crippen LogP contribution in [0.2, 0.25) is 0 Å². The van der Waals surface area contributed by atoms with E-state index in [2.05, 4.69) is 34.7 Å². The quantitative estimate of drug-likeness (QED) is 0.709. The van der Waals surface area contributed by atoms with E-state index in [-0.39, 0.29) is 11.6 Å². The molecule has 0 atom stereocenters. The van der Waals surface area contributed by atoms with Gasteiger partial charge in [-0.1, -0.05) is 26.0 Å². The minimum atomic E-state index is -0.289. The van der Waals surface area contributed by atoms with Gasteiger partial charge in [0.25, 0.3) is 5.91 Å². The number of rotatable bonds is 6. The molecular weight excluding hydrogens is 316 g/mol. The molecular formula is C19H20N4O2.